The molecule has 1 aromatic rings. The Labute approximate surface area is 109 Å². The normalized spacial score (nSPS) is 25.1. The Morgan fingerprint density at radius 3 is 3.06 bits per heavy atom. The Kier molecular flexibility index (Phi) is 3.99. The van der Waals surface area contributed by atoms with E-state index in [1.54, 1.807) is 6.20 Å². The average molecular weight is 302 g/mol. The molecule has 1 aliphatic rings. The minimum absolute atomic E-state index is 0.231. The molecule has 1 fully saturated rings. The highest BCUT2D eigenvalue weighted by molar-refractivity contribution is 9.10. The highest BCUT2D eigenvalue weighted by Gasteiger charge is 2.27. The number of pyridine rings is 1. The fraction of sp³-hybridized carbons (Fsp3) is 0.583. The highest BCUT2D eigenvalue weighted by atomic mass is 79.9. The number of nitrogens with zero attached hydrogens (tertiary/aromatic N) is 2. The van der Waals surface area contributed by atoms with Crippen LogP contribution >= 0.6 is 15.9 Å². The number of piperidine rings is 1. The predicted molar refractivity (Wildman–Crippen MR) is 70.5 cm³/mol. The second-order valence-electron chi connectivity index (χ2n) is 4.53. The van der Waals surface area contributed by atoms with Gasteiger partial charge in [0.25, 0.3) is 0 Å². The summed E-state index contributed by atoms with van der Waals surface area (Å²) >= 11 is 3.21. The van der Waals surface area contributed by atoms with E-state index >= 15 is 0 Å². The molecule has 0 spiro atoms. The molecule has 94 valence electrons. The van der Waals surface area contributed by atoms with Gasteiger partial charge in [0.2, 0.25) is 0 Å². The van der Waals surface area contributed by atoms with Crippen molar-refractivity contribution in [3.63, 3.8) is 0 Å². The van der Waals surface area contributed by atoms with Gasteiger partial charge in [-0.25, -0.2) is 9.37 Å². The molecular formula is C12H17BrFN3. The zero-order valence-electron chi connectivity index (χ0n) is 9.87. The number of anilines is 1. The van der Waals surface area contributed by atoms with E-state index in [2.05, 4.69) is 27.8 Å². The van der Waals surface area contributed by atoms with E-state index in [0.717, 1.165) is 25.9 Å². The molecular weight excluding hydrogens is 285 g/mol. The predicted octanol–water partition coefficient (Wildman–Crippen LogP) is 2.55. The molecule has 0 amide bonds. The SMILES string of the molecule is CCC1CN(c2ncc(Br)cc2F)CCC1N. The summed E-state index contributed by atoms with van der Waals surface area (Å²) in [6, 6.07) is 1.69. The van der Waals surface area contributed by atoms with Crippen LogP contribution < -0.4 is 10.6 Å². The van der Waals surface area contributed by atoms with Crippen molar-refractivity contribution in [3.05, 3.63) is 22.6 Å². The van der Waals surface area contributed by atoms with E-state index in [1.165, 1.54) is 6.07 Å². The van der Waals surface area contributed by atoms with Gasteiger partial charge in [0, 0.05) is 29.8 Å². The lowest BCUT2D eigenvalue weighted by molar-refractivity contribution is 0.344. The summed E-state index contributed by atoms with van der Waals surface area (Å²) in [6.45, 7) is 3.70. The third kappa shape index (κ3) is 2.77. The van der Waals surface area contributed by atoms with Crippen LogP contribution in [-0.4, -0.2) is 24.1 Å². The smallest absolute Gasteiger partial charge is 0.166 e. The summed E-state index contributed by atoms with van der Waals surface area (Å²) in [4.78, 5) is 6.16. The number of aromatic nitrogens is 1. The Morgan fingerprint density at radius 1 is 1.65 bits per heavy atom. The standard InChI is InChI=1S/C12H17BrFN3/c1-2-8-7-17(4-3-11(8)15)12-10(14)5-9(13)6-16-12/h5-6,8,11H,2-4,7,15H2,1H3. The molecule has 3 nitrogen and oxygen atoms in total. The summed E-state index contributed by atoms with van der Waals surface area (Å²) in [7, 11) is 0. The van der Waals surface area contributed by atoms with E-state index in [0.29, 0.717) is 16.2 Å². The van der Waals surface area contributed by atoms with Crippen LogP contribution in [0, 0.1) is 11.7 Å². The van der Waals surface area contributed by atoms with E-state index in [-0.39, 0.29) is 11.9 Å². The van der Waals surface area contributed by atoms with Crippen molar-refractivity contribution in [2.75, 3.05) is 18.0 Å². The van der Waals surface area contributed by atoms with Gasteiger partial charge in [0.05, 0.1) is 0 Å². The molecule has 5 heteroatoms. The van der Waals surface area contributed by atoms with Crippen molar-refractivity contribution >= 4 is 21.7 Å². The number of halogens is 2. The number of hydrogen-bond acceptors (Lipinski definition) is 3. The molecule has 0 bridgehead atoms. The fourth-order valence-electron chi connectivity index (χ4n) is 2.31. The van der Waals surface area contributed by atoms with Crippen LogP contribution in [0.5, 0.6) is 0 Å². The van der Waals surface area contributed by atoms with Gasteiger partial charge in [-0.05, 0) is 34.3 Å². The van der Waals surface area contributed by atoms with E-state index < -0.39 is 0 Å². The first-order valence-electron chi connectivity index (χ1n) is 5.93. The monoisotopic (exact) mass is 301 g/mol. The van der Waals surface area contributed by atoms with Gasteiger partial charge >= 0.3 is 0 Å². The Bertz CT molecular complexity index is 399. The van der Waals surface area contributed by atoms with E-state index in [4.69, 9.17) is 5.73 Å². The topological polar surface area (TPSA) is 42.2 Å². The van der Waals surface area contributed by atoms with E-state index in [9.17, 15) is 4.39 Å². The van der Waals surface area contributed by atoms with Crippen molar-refractivity contribution in [1.29, 1.82) is 0 Å². The van der Waals surface area contributed by atoms with Gasteiger partial charge in [-0.3, -0.25) is 0 Å². The number of rotatable bonds is 2. The van der Waals surface area contributed by atoms with Gasteiger partial charge < -0.3 is 10.6 Å². The van der Waals surface area contributed by atoms with Crippen LogP contribution in [0.1, 0.15) is 19.8 Å². The first-order valence-corrected chi connectivity index (χ1v) is 6.72. The number of nitrogens with two attached hydrogens (primary N) is 1. The Balaban J connectivity index is 2.17. The largest absolute Gasteiger partial charge is 0.354 e. The molecule has 2 heterocycles. The van der Waals surface area contributed by atoms with Crippen molar-refractivity contribution in [1.82, 2.24) is 4.98 Å². The molecule has 2 atom stereocenters. The molecule has 2 rings (SSSR count). The molecule has 17 heavy (non-hydrogen) atoms. The van der Waals surface area contributed by atoms with Crippen LogP contribution in [-0.2, 0) is 0 Å². The van der Waals surface area contributed by atoms with Gasteiger partial charge in [0.1, 0.15) is 0 Å². The molecule has 0 aliphatic carbocycles. The molecule has 2 unspecified atom stereocenters. The van der Waals surface area contributed by atoms with E-state index in [1.807, 2.05) is 4.90 Å². The third-order valence-corrected chi connectivity index (χ3v) is 3.84. The van der Waals surface area contributed by atoms with Crippen molar-refractivity contribution in [3.8, 4) is 0 Å². The molecule has 1 saturated heterocycles. The second kappa shape index (κ2) is 5.31. The summed E-state index contributed by atoms with van der Waals surface area (Å²) in [6.07, 6.45) is 3.55. The Morgan fingerprint density at radius 2 is 2.41 bits per heavy atom. The Hall–Kier alpha value is -0.680. The summed E-state index contributed by atoms with van der Waals surface area (Å²) in [5, 5.41) is 0. The molecule has 2 N–H and O–H groups in total. The first kappa shape index (κ1) is 12.8. The molecule has 0 aromatic carbocycles. The quantitative estimate of drug-likeness (QED) is 0.913. The van der Waals surface area contributed by atoms with Crippen molar-refractivity contribution in [2.45, 2.75) is 25.8 Å². The lowest BCUT2D eigenvalue weighted by Crippen LogP contribution is -2.47. The minimum atomic E-state index is -0.273. The summed E-state index contributed by atoms with van der Waals surface area (Å²) in [5.74, 6) is 0.594. The van der Waals surface area contributed by atoms with Gasteiger partial charge in [-0.15, -0.1) is 0 Å². The molecule has 1 aromatic heterocycles. The zero-order chi connectivity index (χ0) is 12.4. The lowest BCUT2D eigenvalue weighted by Gasteiger charge is -2.37. The maximum atomic E-state index is 13.8. The average Bonchev–Trinajstić information content (AvgIpc) is 2.30. The summed E-state index contributed by atoms with van der Waals surface area (Å²) < 4.78 is 14.5. The lowest BCUT2D eigenvalue weighted by atomic mass is 9.91. The van der Waals surface area contributed by atoms with Gasteiger partial charge in [-0.2, -0.15) is 0 Å². The minimum Gasteiger partial charge on any atom is -0.354 e. The van der Waals surface area contributed by atoms with Gasteiger partial charge in [0.15, 0.2) is 11.6 Å². The van der Waals surface area contributed by atoms with Gasteiger partial charge in [-0.1, -0.05) is 13.3 Å². The van der Waals surface area contributed by atoms with Crippen LogP contribution in [0.4, 0.5) is 10.2 Å². The highest BCUT2D eigenvalue weighted by Crippen LogP contribution is 2.26. The second-order valence-corrected chi connectivity index (χ2v) is 5.44. The van der Waals surface area contributed by atoms with Crippen LogP contribution in [0.15, 0.2) is 16.7 Å². The van der Waals surface area contributed by atoms with Crippen molar-refractivity contribution < 1.29 is 4.39 Å². The fourth-order valence-corrected chi connectivity index (χ4v) is 2.62. The maximum Gasteiger partial charge on any atom is 0.166 e. The molecule has 0 radical (unpaired) electrons. The molecule has 1 aliphatic heterocycles. The van der Waals surface area contributed by atoms with Crippen LogP contribution in [0.2, 0.25) is 0 Å². The van der Waals surface area contributed by atoms with Crippen LogP contribution in [0.3, 0.4) is 0 Å². The molecule has 0 saturated carbocycles. The summed E-state index contributed by atoms with van der Waals surface area (Å²) in [5.41, 5.74) is 6.04. The van der Waals surface area contributed by atoms with Crippen molar-refractivity contribution in [2.24, 2.45) is 11.7 Å². The maximum absolute atomic E-state index is 13.8. The zero-order valence-corrected chi connectivity index (χ0v) is 11.5. The third-order valence-electron chi connectivity index (χ3n) is 3.41. The number of hydrogen-bond donors (Lipinski definition) is 1. The first-order chi connectivity index (χ1) is 8.11. The van der Waals surface area contributed by atoms with Crippen LogP contribution in [0.25, 0.3) is 0 Å².